The van der Waals surface area contributed by atoms with Crippen LogP contribution in [-0.2, 0) is 4.74 Å². The third-order valence-electron chi connectivity index (χ3n) is 0.608. The molecule has 0 saturated heterocycles. The molecular weight excluding hydrogens is 163 g/mol. The molecule has 0 fully saturated rings. The third-order valence-corrected chi connectivity index (χ3v) is 3.52. The summed E-state index contributed by atoms with van der Waals surface area (Å²) in [5, 5.41) is 0. The van der Waals surface area contributed by atoms with Crippen LogP contribution in [-0.4, -0.2) is 26.4 Å². The van der Waals surface area contributed by atoms with Crippen molar-refractivity contribution in [1.29, 1.82) is 0 Å². The largest absolute Gasteiger partial charge is 0.384 e. The Morgan fingerprint density at radius 2 is 2.25 bits per heavy atom. The lowest BCUT2D eigenvalue weighted by Crippen LogP contribution is -2.15. The van der Waals surface area contributed by atoms with Gasteiger partial charge in [-0.15, -0.1) is 11.6 Å². The van der Waals surface area contributed by atoms with Gasteiger partial charge in [-0.05, 0) is 6.92 Å². The zero-order valence-corrected chi connectivity index (χ0v) is 7.30. The summed E-state index contributed by atoms with van der Waals surface area (Å²) in [6.07, 6.45) is 0.659. The topological polar surface area (TPSA) is 9.23 Å². The molecule has 0 saturated carbocycles. The maximum atomic E-state index is 5.69. The molecule has 0 aliphatic heterocycles. The van der Waals surface area contributed by atoms with Gasteiger partial charge in [0.05, 0.1) is 6.23 Å². The molecule has 0 bridgehead atoms. The minimum Gasteiger partial charge on any atom is -0.384 e. The molecule has 4 heteroatoms. The maximum Gasteiger partial charge on any atom is 0.208 e. The normalized spacial score (nSPS) is 10.5. The Hall–Kier alpha value is 0.757. The van der Waals surface area contributed by atoms with Gasteiger partial charge in [0.15, 0.2) is 0 Å². The lowest BCUT2D eigenvalue weighted by Gasteiger charge is -2.00. The molecule has 0 N–H and O–H groups in total. The summed E-state index contributed by atoms with van der Waals surface area (Å²) in [6.45, 7) is 2.68. The van der Waals surface area contributed by atoms with Crippen LogP contribution in [0.25, 0.3) is 0 Å². The fraction of sp³-hybridized carbons (Fsp3) is 1.00. The fourth-order valence-corrected chi connectivity index (χ4v) is 1.22. The molecule has 0 atom stereocenters. The third kappa shape index (κ3) is 4.90. The number of alkyl halides is 1. The number of hydrogen-bond donors (Lipinski definition) is 0. The Labute approximate surface area is 61.2 Å². The van der Waals surface area contributed by atoms with Gasteiger partial charge in [-0.3, -0.25) is 0 Å². The molecule has 1 nitrogen and oxygen atoms in total. The molecule has 0 aliphatic rings. The Kier molecular flexibility index (Phi) is 6.44. The minimum absolute atomic E-state index is 0.562. The van der Waals surface area contributed by atoms with Crippen LogP contribution in [0.2, 0.25) is 0 Å². The van der Waals surface area contributed by atoms with Crippen LogP contribution in [0, 0.1) is 0 Å². The van der Waals surface area contributed by atoms with Gasteiger partial charge < -0.3 is 4.74 Å². The fourth-order valence-electron chi connectivity index (χ4n) is 0.251. The van der Waals surface area contributed by atoms with Crippen LogP contribution < -0.4 is 0 Å². The minimum atomic E-state index is -0.876. The van der Waals surface area contributed by atoms with Crippen molar-refractivity contribution >= 4 is 30.8 Å². The first-order valence-electron chi connectivity index (χ1n) is 2.45. The smallest absolute Gasteiger partial charge is 0.208 e. The van der Waals surface area contributed by atoms with Gasteiger partial charge in [0.25, 0.3) is 0 Å². The van der Waals surface area contributed by atoms with Crippen LogP contribution in [0.15, 0.2) is 0 Å². The zero-order valence-electron chi connectivity index (χ0n) is 4.79. The Morgan fingerprint density at radius 1 is 1.62 bits per heavy atom. The second-order valence-electron chi connectivity index (χ2n) is 1.29. The van der Waals surface area contributed by atoms with Crippen molar-refractivity contribution < 1.29 is 4.74 Å². The standard InChI is InChI=1S/C4H9Cl2OSi/c1-2-7-4-8(6)3-5/h2-4H2,1H3. The Bertz CT molecular complexity index is 53.3. The molecular formula is C4H9Cl2OSi. The molecule has 0 aromatic heterocycles. The summed E-state index contributed by atoms with van der Waals surface area (Å²) in [5.74, 6) is 0. The monoisotopic (exact) mass is 171 g/mol. The highest BCUT2D eigenvalue weighted by Gasteiger charge is 2.03. The van der Waals surface area contributed by atoms with E-state index in [0.29, 0.717) is 11.7 Å². The zero-order chi connectivity index (χ0) is 6.41. The number of hydrogen-bond acceptors (Lipinski definition) is 1. The van der Waals surface area contributed by atoms with E-state index < -0.39 is 8.11 Å². The molecule has 1 radical (unpaired) electrons. The molecule has 0 amide bonds. The van der Waals surface area contributed by atoms with E-state index in [4.69, 9.17) is 27.4 Å². The summed E-state index contributed by atoms with van der Waals surface area (Å²) in [7, 11) is -0.876. The van der Waals surface area contributed by atoms with Gasteiger partial charge >= 0.3 is 0 Å². The van der Waals surface area contributed by atoms with Crippen LogP contribution in [0.1, 0.15) is 6.92 Å². The average molecular weight is 172 g/mol. The second-order valence-corrected chi connectivity index (χ2v) is 5.28. The number of rotatable bonds is 4. The van der Waals surface area contributed by atoms with Crippen molar-refractivity contribution in [1.82, 2.24) is 0 Å². The van der Waals surface area contributed by atoms with Crippen LogP contribution in [0.4, 0.5) is 0 Å². The van der Waals surface area contributed by atoms with E-state index in [1.54, 1.807) is 0 Å². The molecule has 0 heterocycles. The predicted octanol–water partition coefficient (Wildman–Crippen LogP) is 1.57. The highest BCUT2D eigenvalue weighted by Crippen LogP contribution is 1.92. The van der Waals surface area contributed by atoms with Gasteiger partial charge in [-0.2, -0.15) is 11.1 Å². The van der Waals surface area contributed by atoms with E-state index in [-0.39, 0.29) is 0 Å². The SMILES string of the molecule is CCOC[Si](Cl)CCl. The average Bonchev–Trinajstić information content (AvgIpc) is 1.83. The van der Waals surface area contributed by atoms with E-state index >= 15 is 0 Å². The summed E-state index contributed by atoms with van der Waals surface area (Å²) in [4.78, 5) is 0. The van der Waals surface area contributed by atoms with Gasteiger partial charge in [0, 0.05) is 12.1 Å². The van der Waals surface area contributed by atoms with Crippen LogP contribution in [0.3, 0.4) is 0 Å². The van der Waals surface area contributed by atoms with Gasteiger partial charge in [-0.25, -0.2) is 0 Å². The van der Waals surface area contributed by atoms with Crippen molar-refractivity contribution in [2.45, 2.75) is 6.92 Å². The van der Waals surface area contributed by atoms with Crippen molar-refractivity contribution in [3.8, 4) is 0 Å². The molecule has 0 unspecified atom stereocenters. The maximum absolute atomic E-state index is 5.69. The van der Waals surface area contributed by atoms with E-state index in [1.807, 2.05) is 6.92 Å². The molecule has 0 spiro atoms. The first-order valence-corrected chi connectivity index (χ1v) is 5.91. The Balaban J connectivity index is 2.86. The van der Waals surface area contributed by atoms with Gasteiger partial charge in [0.1, 0.15) is 0 Å². The first-order chi connectivity index (χ1) is 3.81. The molecule has 0 aliphatic carbocycles. The highest BCUT2D eigenvalue weighted by molar-refractivity contribution is 7.09. The van der Waals surface area contributed by atoms with Crippen molar-refractivity contribution in [3.63, 3.8) is 0 Å². The molecule has 0 rings (SSSR count). The quantitative estimate of drug-likeness (QED) is 0.355. The summed E-state index contributed by atoms with van der Waals surface area (Å²) >= 11 is 11.1. The van der Waals surface area contributed by atoms with Crippen molar-refractivity contribution in [3.05, 3.63) is 0 Å². The lowest BCUT2D eigenvalue weighted by molar-refractivity contribution is 0.192. The predicted molar refractivity (Wildman–Crippen MR) is 38.8 cm³/mol. The van der Waals surface area contributed by atoms with Crippen LogP contribution >= 0.6 is 22.7 Å². The summed E-state index contributed by atoms with van der Waals surface area (Å²) in [6, 6.07) is 0. The number of halogens is 2. The molecule has 49 valence electrons. The first kappa shape index (κ1) is 8.76. The highest BCUT2D eigenvalue weighted by atomic mass is 35.6. The molecule has 0 aromatic rings. The van der Waals surface area contributed by atoms with Crippen LogP contribution in [0.5, 0.6) is 0 Å². The van der Waals surface area contributed by atoms with Crippen molar-refractivity contribution in [2.24, 2.45) is 0 Å². The summed E-state index contributed by atoms with van der Waals surface area (Å²) in [5.41, 5.74) is 0.562. The van der Waals surface area contributed by atoms with E-state index in [1.165, 1.54) is 0 Å². The van der Waals surface area contributed by atoms with E-state index in [9.17, 15) is 0 Å². The van der Waals surface area contributed by atoms with Crippen molar-refractivity contribution in [2.75, 3.05) is 18.3 Å². The van der Waals surface area contributed by atoms with E-state index in [0.717, 1.165) is 6.61 Å². The van der Waals surface area contributed by atoms with E-state index in [2.05, 4.69) is 0 Å². The lowest BCUT2D eigenvalue weighted by atomic mass is 10.9. The summed E-state index contributed by atoms with van der Waals surface area (Å²) < 4.78 is 5.02. The second kappa shape index (κ2) is 5.89. The Morgan fingerprint density at radius 3 is 2.62 bits per heavy atom. The van der Waals surface area contributed by atoms with Gasteiger partial charge in [-0.1, -0.05) is 0 Å². The molecule has 0 aromatic carbocycles. The van der Waals surface area contributed by atoms with Gasteiger partial charge in [0.2, 0.25) is 8.11 Å². The molecule has 8 heavy (non-hydrogen) atoms. The number of ether oxygens (including phenoxy) is 1.